The molecule has 1 N–H and O–H groups in total. The summed E-state index contributed by atoms with van der Waals surface area (Å²) in [5, 5.41) is 17.4. The van der Waals surface area contributed by atoms with Crippen molar-refractivity contribution in [3.63, 3.8) is 0 Å². The molecular formula is C8H17N4O+. The summed E-state index contributed by atoms with van der Waals surface area (Å²) in [6, 6.07) is 0. The van der Waals surface area contributed by atoms with Gasteiger partial charge in [0.2, 0.25) is 6.73 Å². The van der Waals surface area contributed by atoms with Crippen molar-refractivity contribution in [3.8, 4) is 0 Å². The molecule has 0 atom stereocenters. The van der Waals surface area contributed by atoms with E-state index in [2.05, 4.69) is 10.2 Å². The SMILES string of the molecule is CCn1nc(C(C)(C)C)n[n+]1CO. The molecule has 1 rings (SSSR count). The molecule has 0 saturated heterocycles. The molecular weight excluding hydrogens is 168 g/mol. The predicted molar refractivity (Wildman–Crippen MR) is 46.8 cm³/mol. The van der Waals surface area contributed by atoms with Crippen LogP contribution in [0.2, 0.25) is 0 Å². The van der Waals surface area contributed by atoms with E-state index < -0.39 is 0 Å². The van der Waals surface area contributed by atoms with Gasteiger partial charge in [-0.1, -0.05) is 20.8 Å². The van der Waals surface area contributed by atoms with E-state index in [1.54, 1.807) is 4.80 Å². The summed E-state index contributed by atoms with van der Waals surface area (Å²) in [5.74, 6) is 0.753. The minimum absolute atomic E-state index is 0.0721. The zero-order valence-electron chi connectivity index (χ0n) is 8.65. The maximum Gasteiger partial charge on any atom is 0.313 e. The van der Waals surface area contributed by atoms with Crippen LogP contribution >= 0.6 is 0 Å². The summed E-state index contributed by atoms with van der Waals surface area (Å²) in [7, 11) is 0. The quantitative estimate of drug-likeness (QED) is 0.651. The summed E-state index contributed by atoms with van der Waals surface area (Å²) in [6.07, 6.45) is 0. The van der Waals surface area contributed by atoms with Crippen LogP contribution in [-0.2, 0) is 18.7 Å². The number of aromatic nitrogens is 4. The normalized spacial score (nSPS) is 12.1. The molecule has 0 fully saturated rings. The van der Waals surface area contributed by atoms with Gasteiger partial charge in [-0.2, -0.15) is 0 Å². The highest BCUT2D eigenvalue weighted by atomic mass is 16.3. The molecule has 0 saturated carbocycles. The van der Waals surface area contributed by atoms with Gasteiger partial charge in [0.05, 0.1) is 17.1 Å². The number of hydrogen-bond donors (Lipinski definition) is 1. The van der Waals surface area contributed by atoms with E-state index in [1.165, 1.54) is 4.80 Å². The molecule has 1 aromatic rings. The van der Waals surface area contributed by atoms with Crippen LogP contribution in [0, 0.1) is 0 Å². The molecule has 0 spiro atoms. The molecule has 0 aromatic carbocycles. The molecule has 0 unspecified atom stereocenters. The van der Waals surface area contributed by atoms with Crippen LogP contribution in [0.1, 0.15) is 33.5 Å². The third-order valence-corrected chi connectivity index (χ3v) is 1.77. The molecule has 0 aliphatic heterocycles. The van der Waals surface area contributed by atoms with Crippen molar-refractivity contribution < 1.29 is 9.90 Å². The fourth-order valence-corrected chi connectivity index (χ4v) is 0.981. The molecule has 13 heavy (non-hydrogen) atoms. The molecule has 5 nitrogen and oxygen atoms in total. The van der Waals surface area contributed by atoms with Gasteiger partial charge in [-0.3, -0.25) is 0 Å². The van der Waals surface area contributed by atoms with Crippen LogP contribution in [0.5, 0.6) is 0 Å². The Kier molecular flexibility index (Phi) is 2.66. The fourth-order valence-electron chi connectivity index (χ4n) is 0.981. The standard InChI is InChI=1S/C8H17N4O/c1-5-11-9-7(8(2,3)4)10-12(11)6-13/h13H,5-6H2,1-4H3/q+1. The maximum absolute atomic E-state index is 8.97. The lowest BCUT2D eigenvalue weighted by molar-refractivity contribution is -0.853. The van der Waals surface area contributed by atoms with Gasteiger partial charge >= 0.3 is 5.82 Å². The van der Waals surface area contributed by atoms with Gasteiger partial charge in [0.25, 0.3) is 0 Å². The van der Waals surface area contributed by atoms with Crippen molar-refractivity contribution >= 4 is 0 Å². The number of nitrogens with zero attached hydrogens (tertiary/aromatic N) is 4. The van der Waals surface area contributed by atoms with Gasteiger partial charge < -0.3 is 5.11 Å². The smallest absolute Gasteiger partial charge is 0.313 e. The Labute approximate surface area is 78.0 Å². The Morgan fingerprint density at radius 3 is 2.38 bits per heavy atom. The lowest BCUT2D eigenvalue weighted by Crippen LogP contribution is -2.46. The van der Waals surface area contributed by atoms with E-state index in [1.807, 2.05) is 27.7 Å². The van der Waals surface area contributed by atoms with Gasteiger partial charge in [-0.25, -0.2) is 0 Å². The van der Waals surface area contributed by atoms with Gasteiger partial charge in [-0.05, 0) is 21.6 Å². The highest BCUT2D eigenvalue weighted by molar-refractivity contribution is 4.94. The number of aliphatic hydroxyl groups excluding tert-OH is 1. The molecule has 0 bridgehead atoms. The Balaban J connectivity index is 3.07. The van der Waals surface area contributed by atoms with E-state index in [0.29, 0.717) is 6.54 Å². The van der Waals surface area contributed by atoms with E-state index >= 15 is 0 Å². The number of aryl methyl sites for hydroxylation is 1. The lowest BCUT2D eigenvalue weighted by Gasteiger charge is -2.06. The van der Waals surface area contributed by atoms with Crippen LogP contribution in [0.15, 0.2) is 0 Å². The number of aliphatic hydroxyl groups is 1. The minimum Gasteiger partial charge on any atom is -0.355 e. The van der Waals surface area contributed by atoms with Crippen molar-refractivity contribution in [1.82, 2.24) is 15.0 Å². The van der Waals surface area contributed by atoms with Crippen LogP contribution in [0.3, 0.4) is 0 Å². The first-order valence-electron chi connectivity index (χ1n) is 4.45. The van der Waals surface area contributed by atoms with Crippen LogP contribution in [-0.4, -0.2) is 20.1 Å². The van der Waals surface area contributed by atoms with Gasteiger partial charge in [-0.15, -0.1) is 0 Å². The second-order valence-corrected chi connectivity index (χ2v) is 3.98. The molecule has 1 heterocycles. The summed E-state index contributed by atoms with van der Waals surface area (Å²) in [4.78, 5) is 3.11. The van der Waals surface area contributed by atoms with Gasteiger partial charge in [0, 0.05) is 0 Å². The van der Waals surface area contributed by atoms with Gasteiger partial charge in [0.1, 0.15) is 0 Å². The number of rotatable bonds is 2. The zero-order valence-corrected chi connectivity index (χ0v) is 8.65. The highest BCUT2D eigenvalue weighted by Gasteiger charge is 2.28. The third kappa shape index (κ3) is 2.03. The second-order valence-electron chi connectivity index (χ2n) is 3.98. The first-order valence-corrected chi connectivity index (χ1v) is 4.45. The summed E-state index contributed by atoms with van der Waals surface area (Å²) in [5.41, 5.74) is -0.0721. The maximum atomic E-state index is 8.97. The van der Waals surface area contributed by atoms with Crippen molar-refractivity contribution in [2.24, 2.45) is 0 Å². The molecule has 5 heteroatoms. The van der Waals surface area contributed by atoms with Crippen molar-refractivity contribution in [2.75, 3.05) is 0 Å². The Morgan fingerprint density at radius 2 is 2.08 bits per heavy atom. The third-order valence-electron chi connectivity index (χ3n) is 1.77. The predicted octanol–water partition coefficient (Wildman–Crippen LogP) is -0.167. The average Bonchev–Trinajstić information content (AvgIpc) is 2.45. The average molecular weight is 185 g/mol. The molecule has 0 aliphatic rings. The Bertz CT molecular complexity index is 265. The first-order chi connectivity index (χ1) is 5.99. The number of hydrogen-bond acceptors (Lipinski definition) is 3. The molecule has 0 amide bonds. The fraction of sp³-hybridized carbons (Fsp3) is 0.875. The van der Waals surface area contributed by atoms with E-state index in [0.717, 1.165) is 5.82 Å². The zero-order chi connectivity index (χ0) is 10.1. The number of tetrazole rings is 1. The second kappa shape index (κ2) is 3.41. The van der Waals surface area contributed by atoms with Crippen molar-refractivity contribution in [3.05, 3.63) is 5.82 Å². The van der Waals surface area contributed by atoms with Crippen molar-refractivity contribution in [1.29, 1.82) is 0 Å². The highest BCUT2D eigenvalue weighted by Crippen LogP contribution is 2.15. The summed E-state index contributed by atoms with van der Waals surface area (Å²) >= 11 is 0. The molecule has 74 valence electrons. The molecule has 0 aliphatic carbocycles. The largest absolute Gasteiger partial charge is 0.355 e. The van der Waals surface area contributed by atoms with E-state index in [-0.39, 0.29) is 12.1 Å². The summed E-state index contributed by atoms with van der Waals surface area (Å²) in [6.45, 7) is 8.69. The molecule has 1 aromatic heterocycles. The monoisotopic (exact) mass is 185 g/mol. The topological polar surface area (TPSA) is 54.8 Å². The first kappa shape index (κ1) is 10.1. The van der Waals surface area contributed by atoms with Gasteiger partial charge in [0.15, 0.2) is 0 Å². The van der Waals surface area contributed by atoms with Crippen LogP contribution in [0.4, 0.5) is 0 Å². The van der Waals surface area contributed by atoms with Crippen LogP contribution in [0.25, 0.3) is 0 Å². The Morgan fingerprint density at radius 1 is 1.46 bits per heavy atom. The molecule has 0 radical (unpaired) electrons. The summed E-state index contributed by atoms with van der Waals surface area (Å²) < 4.78 is 0. The Hall–Kier alpha value is -0.970. The van der Waals surface area contributed by atoms with Crippen molar-refractivity contribution in [2.45, 2.75) is 46.4 Å². The van der Waals surface area contributed by atoms with E-state index in [9.17, 15) is 0 Å². The lowest BCUT2D eigenvalue weighted by atomic mass is 9.96. The van der Waals surface area contributed by atoms with Crippen LogP contribution < -0.4 is 4.80 Å². The van der Waals surface area contributed by atoms with E-state index in [4.69, 9.17) is 5.11 Å². The minimum atomic E-state index is -0.128.